The summed E-state index contributed by atoms with van der Waals surface area (Å²) < 4.78 is 5.47. The molecule has 1 aromatic carbocycles. The van der Waals surface area contributed by atoms with E-state index in [-0.39, 0.29) is 12.0 Å². The molecule has 0 bridgehead atoms. The summed E-state index contributed by atoms with van der Waals surface area (Å²) in [7, 11) is 1.76. The van der Waals surface area contributed by atoms with Crippen molar-refractivity contribution < 1.29 is 9.53 Å². The van der Waals surface area contributed by atoms with Gasteiger partial charge in [-0.2, -0.15) is 0 Å². The van der Waals surface area contributed by atoms with Gasteiger partial charge in [0.25, 0.3) is 0 Å². The third kappa shape index (κ3) is 3.30. The molecule has 22 heavy (non-hydrogen) atoms. The molecule has 5 heteroatoms. The molecule has 5 nitrogen and oxygen atoms in total. The van der Waals surface area contributed by atoms with Crippen LogP contribution in [0.4, 0.5) is 4.79 Å². The smallest absolute Gasteiger partial charge is 0.409 e. The van der Waals surface area contributed by atoms with E-state index < -0.39 is 0 Å². The van der Waals surface area contributed by atoms with Crippen LogP contribution in [-0.2, 0) is 17.7 Å². The zero-order chi connectivity index (χ0) is 15.4. The first kappa shape index (κ1) is 14.6. The maximum absolute atomic E-state index is 12.1. The van der Waals surface area contributed by atoms with E-state index >= 15 is 0 Å². The van der Waals surface area contributed by atoms with Crippen molar-refractivity contribution in [3.05, 3.63) is 53.6 Å². The van der Waals surface area contributed by atoms with Crippen LogP contribution in [0.5, 0.6) is 0 Å². The monoisotopic (exact) mass is 299 g/mol. The summed E-state index contributed by atoms with van der Waals surface area (Å²) in [6.07, 6.45) is 4.61. The minimum atomic E-state index is -0.286. The Labute approximate surface area is 130 Å². The number of benzene rings is 1. The van der Waals surface area contributed by atoms with Crippen molar-refractivity contribution in [2.24, 2.45) is 0 Å². The van der Waals surface area contributed by atoms with E-state index in [1.807, 2.05) is 30.3 Å². The number of imidazole rings is 1. The van der Waals surface area contributed by atoms with Gasteiger partial charge in [-0.3, -0.25) is 0 Å². The molecule has 116 valence electrons. The molecule has 3 rings (SSSR count). The first-order valence-electron chi connectivity index (χ1n) is 7.68. The summed E-state index contributed by atoms with van der Waals surface area (Å²) in [5, 5.41) is 0. The second-order valence-corrected chi connectivity index (χ2v) is 5.77. The van der Waals surface area contributed by atoms with Crippen LogP contribution in [0.1, 0.15) is 35.7 Å². The normalized spacial score (nSPS) is 16.9. The van der Waals surface area contributed by atoms with Gasteiger partial charge in [0.2, 0.25) is 0 Å². The fourth-order valence-corrected chi connectivity index (χ4v) is 2.91. The molecule has 1 atom stereocenters. The minimum absolute atomic E-state index is 0.212. The van der Waals surface area contributed by atoms with Crippen LogP contribution in [0.3, 0.4) is 0 Å². The lowest BCUT2D eigenvalue weighted by molar-refractivity contribution is 0.100. The van der Waals surface area contributed by atoms with Gasteiger partial charge in [0.15, 0.2) is 0 Å². The molecule has 1 heterocycles. The van der Waals surface area contributed by atoms with Gasteiger partial charge in [-0.25, -0.2) is 9.78 Å². The lowest BCUT2D eigenvalue weighted by atomic mass is 9.90. The molecule has 1 amide bonds. The number of carbonyl (C=O) groups excluding carboxylic acids is 1. The zero-order valence-corrected chi connectivity index (χ0v) is 12.8. The van der Waals surface area contributed by atoms with Crippen molar-refractivity contribution in [2.45, 2.75) is 31.7 Å². The standard InChI is InChI=1S/C17H21N3O2/c1-20(10-13-6-3-2-4-7-13)17(21)22-11-14-8-5-9-15-16(14)19-12-18-15/h2-4,6-7,12,14H,5,8-11H2,1H3,(H,18,19). The summed E-state index contributed by atoms with van der Waals surface area (Å²) in [5.74, 6) is 0.212. The second-order valence-electron chi connectivity index (χ2n) is 5.77. The average molecular weight is 299 g/mol. The molecule has 0 fully saturated rings. The number of aryl methyl sites for hydroxylation is 1. The molecule has 0 spiro atoms. The molecule has 1 N–H and O–H groups in total. The van der Waals surface area contributed by atoms with Gasteiger partial charge in [0.05, 0.1) is 12.0 Å². The summed E-state index contributed by atoms with van der Waals surface area (Å²) in [4.78, 5) is 21.3. The van der Waals surface area contributed by atoms with Gasteiger partial charge in [-0.1, -0.05) is 30.3 Å². The van der Waals surface area contributed by atoms with Crippen LogP contribution < -0.4 is 0 Å². The molecule has 2 aromatic rings. The maximum atomic E-state index is 12.1. The van der Waals surface area contributed by atoms with Crippen molar-refractivity contribution in [1.29, 1.82) is 0 Å². The molecule has 1 aliphatic rings. The highest BCUT2D eigenvalue weighted by atomic mass is 16.6. The van der Waals surface area contributed by atoms with Crippen LogP contribution in [0.25, 0.3) is 0 Å². The topological polar surface area (TPSA) is 58.2 Å². The summed E-state index contributed by atoms with van der Waals surface area (Å²) >= 11 is 0. The van der Waals surface area contributed by atoms with Gasteiger partial charge >= 0.3 is 6.09 Å². The SMILES string of the molecule is CN(Cc1ccccc1)C(=O)OCC1CCCc2[nH]cnc21. The summed E-state index contributed by atoms with van der Waals surface area (Å²) in [6, 6.07) is 9.90. The molecule has 1 aliphatic carbocycles. The number of hydrogen-bond donors (Lipinski definition) is 1. The number of nitrogens with one attached hydrogen (secondary N) is 1. The Balaban J connectivity index is 1.53. The first-order chi connectivity index (χ1) is 10.7. The van der Waals surface area contributed by atoms with Gasteiger partial charge in [-0.05, 0) is 24.8 Å². The Morgan fingerprint density at radius 2 is 2.23 bits per heavy atom. The van der Waals surface area contributed by atoms with E-state index in [1.54, 1.807) is 18.3 Å². The highest BCUT2D eigenvalue weighted by Crippen LogP contribution is 2.29. The third-order valence-electron chi connectivity index (χ3n) is 4.10. The second kappa shape index (κ2) is 6.64. The molecule has 1 aromatic heterocycles. The third-order valence-corrected chi connectivity index (χ3v) is 4.10. The van der Waals surface area contributed by atoms with Crippen LogP contribution in [-0.4, -0.2) is 34.6 Å². The molecular weight excluding hydrogens is 278 g/mol. The van der Waals surface area contributed by atoms with Crippen LogP contribution in [0, 0.1) is 0 Å². The van der Waals surface area contributed by atoms with E-state index in [0.717, 1.165) is 30.5 Å². The van der Waals surface area contributed by atoms with Crippen molar-refractivity contribution in [2.75, 3.05) is 13.7 Å². The van der Waals surface area contributed by atoms with Gasteiger partial charge in [0, 0.05) is 25.2 Å². The predicted octanol–water partition coefficient (Wildman–Crippen LogP) is 3.10. The molecule has 0 saturated heterocycles. The Kier molecular flexibility index (Phi) is 4.42. The highest BCUT2D eigenvalue weighted by molar-refractivity contribution is 5.67. The number of nitrogens with zero attached hydrogens (tertiary/aromatic N) is 2. The number of H-pyrrole nitrogens is 1. The fraction of sp³-hybridized carbons (Fsp3) is 0.412. The predicted molar refractivity (Wildman–Crippen MR) is 83.5 cm³/mol. The van der Waals surface area contributed by atoms with E-state index in [1.165, 1.54) is 5.69 Å². The minimum Gasteiger partial charge on any atom is -0.449 e. The van der Waals surface area contributed by atoms with Crippen LogP contribution in [0.2, 0.25) is 0 Å². The summed E-state index contributed by atoms with van der Waals surface area (Å²) in [5.41, 5.74) is 3.34. The van der Waals surface area contributed by atoms with Crippen LogP contribution in [0.15, 0.2) is 36.7 Å². The molecule has 0 radical (unpaired) electrons. The zero-order valence-electron chi connectivity index (χ0n) is 12.8. The van der Waals surface area contributed by atoms with Crippen molar-refractivity contribution >= 4 is 6.09 Å². The van der Waals surface area contributed by atoms with E-state index in [9.17, 15) is 4.79 Å². The molecule has 0 saturated carbocycles. The first-order valence-corrected chi connectivity index (χ1v) is 7.68. The average Bonchev–Trinajstić information content (AvgIpc) is 3.02. The number of aromatic amines is 1. The number of ether oxygens (including phenoxy) is 1. The number of aromatic nitrogens is 2. The van der Waals surface area contributed by atoms with Crippen molar-refractivity contribution in [3.8, 4) is 0 Å². The molecule has 1 unspecified atom stereocenters. The lowest BCUT2D eigenvalue weighted by Gasteiger charge is -2.23. The van der Waals surface area contributed by atoms with E-state index in [0.29, 0.717) is 13.2 Å². The van der Waals surface area contributed by atoms with Crippen molar-refractivity contribution in [3.63, 3.8) is 0 Å². The maximum Gasteiger partial charge on any atom is 0.409 e. The number of hydrogen-bond acceptors (Lipinski definition) is 3. The lowest BCUT2D eigenvalue weighted by Crippen LogP contribution is -2.29. The van der Waals surface area contributed by atoms with E-state index in [2.05, 4.69) is 9.97 Å². The highest BCUT2D eigenvalue weighted by Gasteiger charge is 2.24. The van der Waals surface area contributed by atoms with Gasteiger partial charge in [-0.15, -0.1) is 0 Å². The number of fused-ring (bicyclic) bond motifs is 1. The fourth-order valence-electron chi connectivity index (χ4n) is 2.91. The van der Waals surface area contributed by atoms with Gasteiger partial charge < -0.3 is 14.6 Å². The number of amides is 1. The van der Waals surface area contributed by atoms with Crippen LogP contribution >= 0.6 is 0 Å². The molecule has 0 aliphatic heterocycles. The van der Waals surface area contributed by atoms with Gasteiger partial charge in [0.1, 0.15) is 6.61 Å². The summed E-state index contributed by atoms with van der Waals surface area (Å²) in [6.45, 7) is 0.952. The Morgan fingerprint density at radius 1 is 1.41 bits per heavy atom. The Hall–Kier alpha value is -2.30. The Bertz CT molecular complexity index is 624. The quantitative estimate of drug-likeness (QED) is 0.943. The van der Waals surface area contributed by atoms with E-state index in [4.69, 9.17) is 4.74 Å². The number of carbonyl (C=O) groups is 1. The largest absolute Gasteiger partial charge is 0.449 e. The molecular formula is C17H21N3O2. The number of rotatable bonds is 4. The van der Waals surface area contributed by atoms with Crippen molar-refractivity contribution in [1.82, 2.24) is 14.9 Å². The Morgan fingerprint density at radius 3 is 3.05 bits per heavy atom.